The zero-order valence-corrected chi connectivity index (χ0v) is 8.90. The molecule has 1 aromatic carbocycles. The van der Waals surface area contributed by atoms with Crippen LogP contribution in [0.5, 0.6) is 0 Å². The molecule has 3 nitrogen and oxygen atoms in total. The Morgan fingerprint density at radius 3 is 2.47 bits per heavy atom. The summed E-state index contributed by atoms with van der Waals surface area (Å²) in [6, 6.07) is 9.69. The van der Waals surface area contributed by atoms with Crippen molar-refractivity contribution in [3.05, 3.63) is 47.7 Å². The number of carbonyl (C=O) groups is 1. The van der Waals surface area contributed by atoms with Crippen LogP contribution in [-0.4, -0.2) is 20.2 Å². The number of rotatable bonds is 4. The van der Waals surface area contributed by atoms with Gasteiger partial charge in [-0.2, -0.15) is 0 Å². The molecular weight excluding hydrogens is 192 g/mol. The molecule has 0 aliphatic heterocycles. The third kappa shape index (κ3) is 3.46. The average Bonchev–Trinajstić information content (AvgIpc) is 2.29. The summed E-state index contributed by atoms with van der Waals surface area (Å²) in [5.41, 5.74) is 1.55. The summed E-state index contributed by atoms with van der Waals surface area (Å²) in [7, 11) is 2.87. The number of hydrogen-bond acceptors (Lipinski definition) is 3. The predicted molar refractivity (Wildman–Crippen MR) is 57.3 cm³/mol. The maximum Gasteiger partial charge on any atom is 0.337 e. The SMILES string of the molecule is CO/C=C(\Cc1ccccc1)C(=O)OC. The molecule has 80 valence electrons. The minimum atomic E-state index is -0.360. The summed E-state index contributed by atoms with van der Waals surface area (Å²) in [4.78, 5) is 11.3. The number of carbonyl (C=O) groups excluding carboxylic acids is 1. The smallest absolute Gasteiger partial charge is 0.337 e. The molecule has 0 saturated carbocycles. The van der Waals surface area contributed by atoms with E-state index in [4.69, 9.17) is 4.74 Å². The minimum Gasteiger partial charge on any atom is -0.504 e. The van der Waals surface area contributed by atoms with Gasteiger partial charge in [-0.25, -0.2) is 4.79 Å². The Morgan fingerprint density at radius 1 is 1.27 bits per heavy atom. The molecule has 0 radical (unpaired) electrons. The Labute approximate surface area is 89.3 Å². The van der Waals surface area contributed by atoms with Crippen molar-refractivity contribution < 1.29 is 14.3 Å². The maximum absolute atomic E-state index is 11.3. The van der Waals surface area contributed by atoms with Crippen molar-refractivity contribution in [1.82, 2.24) is 0 Å². The Kier molecular flexibility index (Phi) is 4.41. The van der Waals surface area contributed by atoms with Gasteiger partial charge in [0.15, 0.2) is 0 Å². The van der Waals surface area contributed by atoms with Crippen molar-refractivity contribution in [2.75, 3.05) is 14.2 Å². The van der Waals surface area contributed by atoms with Crippen molar-refractivity contribution >= 4 is 5.97 Å². The summed E-state index contributed by atoms with van der Waals surface area (Å²) in [5, 5.41) is 0. The first-order valence-electron chi connectivity index (χ1n) is 4.62. The van der Waals surface area contributed by atoms with Crippen LogP contribution in [0.1, 0.15) is 5.56 Å². The van der Waals surface area contributed by atoms with Crippen LogP contribution in [0.25, 0.3) is 0 Å². The molecule has 15 heavy (non-hydrogen) atoms. The standard InChI is InChI=1S/C12H14O3/c1-14-9-11(12(13)15-2)8-10-6-4-3-5-7-10/h3-7,9H,8H2,1-2H3/b11-9+. The second-order valence-corrected chi connectivity index (χ2v) is 3.03. The first kappa shape index (κ1) is 11.3. The lowest BCUT2D eigenvalue weighted by atomic mass is 10.1. The third-order valence-corrected chi connectivity index (χ3v) is 1.95. The van der Waals surface area contributed by atoms with Crippen LogP contribution in [0, 0.1) is 0 Å². The molecule has 0 N–H and O–H groups in total. The molecule has 0 unspecified atom stereocenters. The largest absolute Gasteiger partial charge is 0.504 e. The highest BCUT2D eigenvalue weighted by Crippen LogP contribution is 2.09. The Bertz CT molecular complexity index is 341. The van der Waals surface area contributed by atoms with E-state index in [0.29, 0.717) is 12.0 Å². The fourth-order valence-electron chi connectivity index (χ4n) is 1.25. The van der Waals surface area contributed by atoms with Gasteiger partial charge in [0.05, 0.1) is 26.1 Å². The quantitative estimate of drug-likeness (QED) is 0.429. The summed E-state index contributed by atoms with van der Waals surface area (Å²) in [6.07, 6.45) is 1.93. The van der Waals surface area contributed by atoms with Gasteiger partial charge in [0.25, 0.3) is 0 Å². The zero-order valence-electron chi connectivity index (χ0n) is 8.90. The van der Waals surface area contributed by atoms with E-state index in [1.165, 1.54) is 20.5 Å². The van der Waals surface area contributed by atoms with E-state index in [-0.39, 0.29) is 5.97 Å². The first-order chi connectivity index (χ1) is 7.27. The van der Waals surface area contributed by atoms with Crippen molar-refractivity contribution in [3.8, 4) is 0 Å². The highest BCUT2D eigenvalue weighted by Gasteiger charge is 2.10. The highest BCUT2D eigenvalue weighted by atomic mass is 16.5. The van der Waals surface area contributed by atoms with E-state index in [2.05, 4.69) is 4.74 Å². The van der Waals surface area contributed by atoms with Gasteiger partial charge >= 0.3 is 5.97 Å². The fourth-order valence-corrected chi connectivity index (χ4v) is 1.25. The van der Waals surface area contributed by atoms with E-state index in [1.54, 1.807) is 0 Å². The Hall–Kier alpha value is -1.77. The molecule has 0 bridgehead atoms. The van der Waals surface area contributed by atoms with Gasteiger partial charge < -0.3 is 9.47 Å². The number of hydrogen-bond donors (Lipinski definition) is 0. The van der Waals surface area contributed by atoms with Crippen LogP contribution in [0.2, 0.25) is 0 Å². The molecule has 0 fully saturated rings. The molecule has 0 spiro atoms. The van der Waals surface area contributed by atoms with E-state index < -0.39 is 0 Å². The van der Waals surface area contributed by atoms with E-state index in [9.17, 15) is 4.79 Å². The Balaban J connectivity index is 2.76. The molecule has 0 aliphatic rings. The van der Waals surface area contributed by atoms with Crippen LogP contribution in [0.3, 0.4) is 0 Å². The molecule has 0 aliphatic carbocycles. The van der Waals surface area contributed by atoms with Gasteiger partial charge in [-0.15, -0.1) is 0 Å². The Morgan fingerprint density at radius 2 is 1.93 bits per heavy atom. The molecule has 0 atom stereocenters. The molecule has 0 saturated heterocycles. The maximum atomic E-state index is 11.3. The molecule has 1 aromatic rings. The number of benzene rings is 1. The van der Waals surface area contributed by atoms with E-state index in [1.807, 2.05) is 30.3 Å². The van der Waals surface area contributed by atoms with Gasteiger partial charge in [-0.3, -0.25) is 0 Å². The molecule has 0 aromatic heterocycles. The topological polar surface area (TPSA) is 35.5 Å². The minimum absolute atomic E-state index is 0.360. The number of ether oxygens (including phenoxy) is 2. The lowest BCUT2D eigenvalue weighted by molar-refractivity contribution is -0.136. The first-order valence-corrected chi connectivity index (χ1v) is 4.62. The summed E-state index contributed by atoms with van der Waals surface area (Å²) in [5.74, 6) is -0.360. The van der Waals surface area contributed by atoms with Gasteiger partial charge in [0.1, 0.15) is 0 Å². The molecule has 3 heteroatoms. The third-order valence-electron chi connectivity index (χ3n) is 1.95. The molecule has 1 rings (SSSR count). The van der Waals surface area contributed by atoms with E-state index in [0.717, 1.165) is 5.56 Å². The molecule has 0 amide bonds. The monoisotopic (exact) mass is 206 g/mol. The second kappa shape index (κ2) is 5.86. The number of methoxy groups -OCH3 is 2. The summed E-state index contributed by atoms with van der Waals surface area (Å²) >= 11 is 0. The van der Waals surface area contributed by atoms with Gasteiger partial charge in [-0.05, 0) is 5.56 Å². The molecular formula is C12H14O3. The predicted octanol–water partition coefficient (Wildman–Crippen LogP) is 1.93. The average molecular weight is 206 g/mol. The number of esters is 1. The lowest BCUT2D eigenvalue weighted by Crippen LogP contribution is -2.07. The summed E-state index contributed by atoms with van der Waals surface area (Å²) < 4.78 is 9.49. The van der Waals surface area contributed by atoms with Crippen LogP contribution >= 0.6 is 0 Å². The van der Waals surface area contributed by atoms with Crippen molar-refractivity contribution in [2.24, 2.45) is 0 Å². The fraction of sp³-hybridized carbons (Fsp3) is 0.250. The van der Waals surface area contributed by atoms with Gasteiger partial charge in [0, 0.05) is 6.42 Å². The van der Waals surface area contributed by atoms with E-state index >= 15 is 0 Å². The van der Waals surface area contributed by atoms with Crippen LogP contribution < -0.4 is 0 Å². The zero-order chi connectivity index (χ0) is 11.1. The second-order valence-electron chi connectivity index (χ2n) is 3.03. The van der Waals surface area contributed by atoms with Crippen LogP contribution in [0.4, 0.5) is 0 Å². The molecule has 0 heterocycles. The van der Waals surface area contributed by atoms with Crippen molar-refractivity contribution in [2.45, 2.75) is 6.42 Å². The van der Waals surface area contributed by atoms with Crippen LogP contribution in [0.15, 0.2) is 42.2 Å². The normalized spacial score (nSPS) is 10.9. The van der Waals surface area contributed by atoms with Crippen molar-refractivity contribution in [3.63, 3.8) is 0 Å². The lowest BCUT2D eigenvalue weighted by Gasteiger charge is -2.04. The van der Waals surface area contributed by atoms with Gasteiger partial charge in [-0.1, -0.05) is 30.3 Å². The van der Waals surface area contributed by atoms with Gasteiger partial charge in [0.2, 0.25) is 0 Å². The van der Waals surface area contributed by atoms with Crippen molar-refractivity contribution in [1.29, 1.82) is 0 Å². The summed E-state index contributed by atoms with van der Waals surface area (Å²) in [6.45, 7) is 0. The highest BCUT2D eigenvalue weighted by molar-refractivity contribution is 5.88. The van der Waals surface area contributed by atoms with Crippen LogP contribution in [-0.2, 0) is 20.7 Å².